The van der Waals surface area contributed by atoms with E-state index in [-0.39, 0.29) is 12.1 Å². The summed E-state index contributed by atoms with van der Waals surface area (Å²) in [5.41, 5.74) is 0.936. The molecule has 2 N–H and O–H groups in total. The Hall–Kier alpha value is -2.01. The van der Waals surface area contributed by atoms with E-state index in [1.165, 1.54) is 0 Å². The van der Waals surface area contributed by atoms with Crippen molar-refractivity contribution in [1.82, 2.24) is 20.2 Å². The van der Waals surface area contributed by atoms with Crippen LogP contribution in [-0.4, -0.2) is 22.1 Å². The maximum absolute atomic E-state index is 12.3. The molecule has 130 valence electrons. The van der Waals surface area contributed by atoms with Crippen LogP contribution >= 0.6 is 11.6 Å². The number of aromatic nitrogens is 2. The van der Waals surface area contributed by atoms with E-state index < -0.39 is 0 Å². The van der Waals surface area contributed by atoms with Gasteiger partial charge < -0.3 is 15.2 Å². The van der Waals surface area contributed by atoms with E-state index >= 15 is 0 Å². The average Bonchev–Trinajstić information content (AvgIpc) is 2.96. The smallest absolute Gasteiger partial charge is 0.315 e. The molecule has 0 aliphatic carbocycles. The number of imidazole rings is 1. The Balaban J connectivity index is 2.05. The van der Waals surface area contributed by atoms with Crippen LogP contribution in [0.1, 0.15) is 44.1 Å². The molecule has 1 aromatic carbocycles. The van der Waals surface area contributed by atoms with Crippen LogP contribution in [0.25, 0.3) is 0 Å². The normalized spacial score (nSPS) is 12.2. The van der Waals surface area contributed by atoms with E-state index in [4.69, 9.17) is 11.6 Å². The zero-order valence-electron chi connectivity index (χ0n) is 14.4. The third kappa shape index (κ3) is 5.27. The van der Waals surface area contributed by atoms with Gasteiger partial charge in [0.2, 0.25) is 0 Å². The van der Waals surface area contributed by atoms with Crippen LogP contribution in [0.15, 0.2) is 36.7 Å². The lowest BCUT2D eigenvalue weighted by Crippen LogP contribution is -2.39. The fourth-order valence-electron chi connectivity index (χ4n) is 2.50. The molecule has 1 atom stereocenters. The quantitative estimate of drug-likeness (QED) is 0.745. The molecule has 2 amide bonds. The van der Waals surface area contributed by atoms with Crippen molar-refractivity contribution >= 4 is 17.6 Å². The third-order valence-electron chi connectivity index (χ3n) is 3.84. The Bertz CT molecular complexity index is 651. The summed E-state index contributed by atoms with van der Waals surface area (Å²) in [4.78, 5) is 16.6. The van der Waals surface area contributed by atoms with Gasteiger partial charge in [0.1, 0.15) is 11.9 Å². The summed E-state index contributed by atoms with van der Waals surface area (Å²) in [5, 5.41) is 6.59. The molecule has 0 aliphatic rings. The molecule has 0 fully saturated rings. The molecule has 1 heterocycles. The van der Waals surface area contributed by atoms with E-state index in [9.17, 15) is 4.79 Å². The number of carbonyl (C=O) groups is 1. The Morgan fingerprint density at radius 2 is 2.00 bits per heavy atom. The van der Waals surface area contributed by atoms with Crippen LogP contribution < -0.4 is 10.6 Å². The lowest BCUT2D eigenvalue weighted by molar-refractivity contribution is 0.237. The summed E-state index contributed by atoms with van der Waals surface area (Å²) in [6.45, 7) is 5.02. The van der Waals surface area contributed by atoms with E-state index in [1.54, 1.807) is 6.20 Å². The van der Waals surface area contributed by atoms with Crippen LogP contribution in [0.4, 0.5) is 4.79 Å². The summed E-state index contributed by atoms with van der Waals surface area (Å²) < 4.78 is 1.90. The fraction of sp³-hybridized carbons (Fsp3) is 0.444. The predicted octanol–water partition coefficient (Wildman–Crippen LogP) is 3.90. The number of amides is 2. The maximum Gasteiger partial charge on any atom is 0.315 e. The second-order valence-corrected chi connectivity index (χ2v) is 6.75. The molecule has 0 radical (unpaired) electrons. The number of nitrogens with one attached hydrogen (secondary N) is 2. The number of halogens is 1. The molecule has 1 unspecified atom stereocenters. The molecule has 6 heteroatoms. The highest BCUT2D eigenvalue weighted by Gasteiger charge is 2.20. The van der Waals surface area contributed by atoms with E-state index in [1.807, 2.05) is 42.1 Å². The first kappa shape index (κ1) is 18.3. The van der Waals surface area contributed by atoms with Gasteiger partial charge in [0.25, 0.3) is 0 Å². The van der Waals surface area contributed by atoms with Crippen LogP contribution in [-0.2, 0) is 7.05 Å². The number of hydrogen-bond donors (Lipinski definition) is 2. The lowest BCUT2D eigenvalue weighted by atomic mass is 10.1. The maximum atomic E-state index is 12.3. The molecular weight excluding hydrogens is 324 g/mol. The minimum Gasteiger partial charge on any atom is -0.338 e. The number of hydrogen-bond acceptors (Lipinski definition) is 2. The zero-order chi connectivity index (χ0) is 17.5. The standard InChI is InChI=1S/C18H25ClN4O/c1-13(2)5-4-10-21-18(24)22-16(17-20-11-12-23(17)3)14-6-8-15(19)9-7-14/h6-9,11-13,16H,4-5,10H2,1-3H3,(H2,21,22,24). The largest absolute Gasteiger partial charge is 0.338 e. The van der Waals surface area contributed by atoms with Gasteiger partial charge in [-0.1, -0.05) is 37.6 Å². The topological polar surface area (TPSA) is 59.0 Å². The van der Waals surface area contributed by atoms with Gasteiger partial charge in [0.05, 0.1) is 0 Å². The highest BCUT2D eigenvalue weighted by atomic mass is 35.5. The van der Waals surface area contributed by atoms with Crippen LogP contribution in [0.3, 0.4) is 0 Å². The van der Waals surface area contributed by atoms with Crippen molar-refractivity contribution in [2.75, 3.05) is 6.54 Å². The molecule has 0 bridgehead atoms. The van der Waals surface area contributed by atoms with Crippen LogP contribution in [0, 0.1) is 5.92 Å². The molecule has 0 aliphatic heterocycles. The van der Waals surface area contributed by atoms with Gasteiger partial charge in [0.15, 0.2) is 0 Å². The van der Waals surface area contributed by atoms with Crippen molar-refractivity contribution in [3.63, 3.8) is 0 Å². The summed E-state index contributed by atoms with van der Waals surface area (Å²) in [5.74, 6) is 1.42. The summed E-state index contributed by atoms with van der Waals surface area (Å²) >= 11 is 5.97. The molecular formula is C18H25ClN4O. The van der Waals surface area contributed by atoms with Crippen molar-refractivity contribution < 1.29 is 4.79 Å². The van der Waals surface area contributed by atoms with Gasteiger partial charge in [-0.25, -0.2) is 9.78 Å². The predicted molar refractivity (Wildman–Crippen MR) is 97.1 cm³/mol. The summed E-state index contributed by atoms with van der Waals surface area (Å²) in [7, 11) is 1.91. The number of rotatable bonds is 7. The summed E-state index contributed by atoms with van der Waals surface area (Å²) in [6, 6.07) is 6.92. The van der Waals surface area contributed by atoms with Crippen molar-refractivity contribution in [2.45, 2.75) is 32.7 Å². The van der Waals surface area contributed by atoms with Gasteiger partial charge in [-0.15, -0.1) is 0 Å². The minimum absolute atomic E-state index is 0.193. The average molecular weight is 349 g/mol. The Morgan fingerprint density at radius 3 is 2.58 bits per heavy atom. The van der Waals surface area contributed by atoms with Gasteiger partial charge in [-0.3, -0.25) is 0 Å². The van der Waals surface area contributed by atoms with E-state index in [2.05, 4.69) is 29.5 Å². The van der Waals surface area contributed by atoms with Gasteiger partial charge in [-0.2, -0.15) is 0 Å². The lowest BCUT2D eigenvalue weighted by Gasteiger charge is -2.19. The molecule has 2 aromatic rings. The number of benzene rings is 1. The number of carbonyl (C=O) groups excluding carboxylic acids is 1. The Morgan fingerprint density at radius 1 is 1.29 bits per heavy atom. The highest BCUT2D eigenvalue weighted by Crippen LogP contribution is 2.22. The number of aryl methyl sites for hydroxylation is 1. The second-order valence-electron chi connectivity index (χ2n) is 6.32. The van der Waals surface area contributed by atoms with E-state index in [0.717, 1.165) is 24.2 Å². The van der Waals surface area contributed by atoms with Gasteiger partial charge >= 0.3 is 6.03 Å². The summed E-state index contributed by atoms with van der Waals surface area (Å²) in [6.07, 6.45) is 5.65. The number of urea groups is 1. The van der Waals surface area contributed by atoms with Crippen molar-refractivity contribution in [3.8, 4) is 0 Å². The van der Waals surface area contributed by atoms with Crippen LogP contribution in [0.2, 0.25) is 5.02 Å². The first-order chi connectivity index (χ1) is 11.5. The molecule has 2 rings (SSSR count). The van der Waals surface area contributed by atoms with E-state index in [0.29, 0.717) is 17.5 Å². The monoisotopic (exact) mass is 348 g/mol. The second kappa shape index (κ2) is 8.73. The zero-order valence-corrected chi connectivity index (χ0v) is 15.2. The van der Waals surface area contributed by atoms with Gasteiger partial charge in [0, 0.05) is 31.0 Å². The van der Waals surface area contributed by atoms with Crippen LogP contribution in [0.5, 0.6) is 0 Å². The molecule has 0 spiro atoms. The fourth-order valence-corrected chi connectivity index (χ4v) is 2.63. The molecule has 5 nitrogen and oxygen atoms in total. The molecule has 24 heavy (non-hydrogen) atoms. The first-order valence-electron chi connectivity index (χ1n) is 8.24. The Kier molecular flexibility index (Phi) is 6.67. The SMILES string of the molecule is CC(C)CCCNC(=O)NC(c1ccc(Cl)cc1)c1nccn1C. The third-order valence-corrected chi connectivity index (χ3v) is 4.09. The Labute approximate surface area is 148 Å². The van der Waals surface area contributed by atoms with Crippen molar-refractivity contribution in [3.05, 3.63) is 53.1 Å². The molecule has 0 saturated carbocycles. The minimum atomic E-state index is -0.327. The first-order valence-corrected chi connectivity index (χ1v) is 8.62. The van der Waals surface area contributed by atoms with Crippen molar-refractivity contribution in [2.24, 2.45) is 13.0 Å². The molecule has 0 saturated heterocycles. The number of nitrogens with zero attached hydrogens (tertiary/aromatic N) is 2. The van der Waals surface area contributed by atoms with Gasteiger partial charge in [-0.05, 0) is 36.5 Å². The van der Waals surface area contributed by atoms with Crippen molar-refractivity contribution in [1.29, 1.82) is 0 Å². The highest BCUT2D eigenvalue weighted by molar-refractivity contribution is 6.30. The molecule has 1 aromatic heterocycles.